The van der Waals surface area contributed by atoms with Gasteiger partial charge in [-0.05, 0) is 12.2 Å². The molecule has 0 aliphatic heterocycles. The normalized spacial score (nSPS) is 11.5. The zero-order chi connectivity index (χ0) is 10.6. The molecule has 0 unspecified atom stereocenters. The van der Waals surface area contributed by atoms with E-state index in [1.165, 1.54) is 0 Å². The van der Waals surface area contributed by atoms with Crippen molar-refractivity contribution in [3.05, 3.63) is 10.9 Å². The van der Waals surface area contributed by atoms with Crippen LogP contribution in [0.5, 0.6) is 0 Å². The Morgan fingerprint density at radius 1 is 1.33 bits per heavy atom. The summed E-state index contributed by atoms with van der Waals surface area (Å²) in [6, 6.07) is 1.77. The molecule has 0 radical (unpaired) electrons. The van der Waals surface area contributed by atoms with Crippen molar-refractivity contribution in [3.63, 3.8) is 0 Å². The van der Waals surface area contributed by atoms with Crippen molar-refractivity contribution < 1.29 is 8.83 Å². The maximum atomic E-state index is 5.84. The number of nitrogens with zero attached hydrogens (tertiary/aromatic N) is 1. The summed E-state index contributed by atoms with van der Waals surface area (Å²) in [5.74, 6) is 0. The highest BCUT2D eigenvalue weighted by Crippen LogP contribution is 2.30. The lowest BCUT2D eigenvalue weighted by molar-refractivity contribution is 0.584. The number of nitrogens with one attached hydrogen (secondary N) is 1. The Balaban J connectivity index is 2.62. The van der Waals surface area contributed by atoms with E-state index in [2.05, 4.69) is 9.97 Å². The molecule has 3 rings (SSSR count). The van der Waals surface area contributed by atoms with Gasteiger partial charge in [-0.1, -0.05) is 0 Å². The summed E-state index contributed by atoms with van der Waals surface area (Å²) in [4.78, 5) is 7.05. The molecule has 0 atom stereocenters. The van der Waals surface area contributed by atoms with E-state index in [1.807, 2.05) is 0 Å². The Hall–Kier alpha value is -2.02. The van der Waals surface area contributed by atoms with Crippen molar-refractivity contribution in [2.45, 2.75) is 0 Å². The Kier molecular flexibility index (Phi) is 1.39. The number of benzene rings is 1. The molecule has 3 aromatic rings. The number of aromatic amines is 1. The molecular weight excluding hydrogens is 216 g/mol. The lowest BCUT2D eigenvalue weighted by atomic mass is 10.2. The molecule has 0 aliphatic rings. The number of rotatable bonds is 0. The number of hydrogen-bond acceptors (Lipinski definition) is 6. The molecule has 0 saturated heterocycles. The second-order valence-electron chi connectivity index (χ2n) is 3.08. The fourth-order valence-corrected chi connectivity index (χ4v) is 1.71. The third kappa shape index (κ3) is 1.03. The van der Waals surface area contributed by atoms with E-state index in [-0.39, 0.29) is 10.9 Å². The van der Waals surface area contributed by atoms with Crippen LogP contribution in [0.2, 0.25) is 0 Å². The van der Waals surface area contributed by atoms with E-state index in [0.717, 1.165) is 0 Å². The van der Waals surface area contributed by atoms with Crippen molar-refractivity contribution >= 4 is 46.1 Å². The van der Waals surface area contributed by atoms with Gasteiger partial charge in [0.2, 0.25) is 0 Å². The van der Waals surface area contributed by atoms with Crippen LogP contribution < -0.4 is 11.5 Å². The first-order chi connectivity index (χ1) is 7.15. The molecular formula is C8H6N4O2S. The van der Waals surface area contributed by atoms with E-state index in [4.69, 9.17) is 32.5 Å². The largest absolute Gasteiger partial charge is 0.427 e. The van der Waals surface area contributed by atoms with Crippen LogP contribution in [0.3, 0.4) is 0 Å². The predicted octanol–water partition coefficient (Wildman–Crippen LogP) is 1.80. The molecule has 2 heterocycles. The molecule has 2 aromatic heterocycles. The molecule has 7 heteroatoms. The van der Waals surface area contributed by atoms with Crippen molar-refractivity contribution in [1.29, 1.82) is 0 Å². The predicted molar refractivity (Wildman–Crippen MR) is 57.8 cm³/mol. The summed E-state index contributed by atoms with van der Waals surface area (Å²) in [5.41, 5.74) is 13.8. The van der Waals surface area contributed by atoms with Crippen molar-refractivity contribution in [3.8, 4) is 0 Å². The molecule has 0 amide bonds. The second-order valence-corrected chi connectivity index (χ2v) is 3.45. The lowest BCUT2D eigenvalue weighted by Gasteiger charge is -1.93. The number of oxazole rings is 2. The Bertz CT molecular complexity index is 723. The smallest absolute Gasteiger partial charge is 0.293 e. The van der Waals surface area contributed by atoms with Gasteiger partial charge in [-0.2, -0.15) is 4.98 Å². The van der Waals surface area contributed by atoms with E-state index >= 15 is 0 Å². The Morgan fingerprint density at radius 3 is 2.93 bits per heavy atom. The first-order valence-electron chi connectivity index (χ1n) is 4.12. The molecule has 0 bridgehead atoms. The molecule has 0 spiro atoms. The van der Waals surface area contributed by atoms with E-state index in [1.54, 1.807) is 6.07 Å². The number of nitrogen functional groups attached to an aromatic ring is 2. The van der Waals surface area contributed by atoms with Crippen LogP contribution in [0, 0.1) is 4.84 Å². The number of anilines is 2. The second kappa shape index (κ2) is 2.51. The minimum atomic E-state index is 0.0722. The summed E-state index contributed by atoms with van der Waals surface area (Å²) < 4.78 is 10.4. The summed E-state index contributed by atoms with van der Waals surface area (Å²) in [7, 11) is 0. The highest BCUT2D eigenvalue weighted by Gasteiger charge is 2.13. The minimum absolute atomic E-state index is 0.0722. The number of aromatic nitrogens is 2. The van der Waals surface area contributed by atoms with Gasteiger partial charge in [0.05, 0.1) is 5.52 Å². The third-order valence-electron chi connectivity index (χ3n) is 2.12. The molecule has 0 saturated carbocycles. The summed E-state index contributed by atoms with van der Waals surface area (Å²) in [6.07, 6.45) is 0. The third-order valence-corrected chi connectivity index (χ3v) is 2.31. The highest BCUT2D eigenvalue weighted by molar-refractivity contribution is 7.71. The fourth-order valence-electron chi connectivity index (χ4n) is 1.52. The molecule has 6 nitrogen and oxygen atoms in total. The molecule has 0 aliphatic carbocycles. The van der Waals surface area contributed by atoms with Gasteiger partial charge in [-0.3, -0.25) is 0 Å². The highest BCUT2D eigenvalue weighted by atomic mass is 32.1. The van der Waals surface area contributed by atoms with E-state index < -0.39 is 0 Å². The molecule has 15 heavy (non-hydrogen) atoms. The van der Waals surface area contributed by atoms with Crippen LogP contribution >= 0.6 is 12.2 Å². The zero-order valence-electron chi connectivity index (χ0n) is 7.40. The monoisotopic (exact) mass is 222 g/mol. The van der Waals surface area contributed by atoms with Gasteiger partial charge < -0.3 is 25.3 Å². The molecule has 0 fully saturated rings. The van der Waals surface area contributed by atoms with Crippen LogP contribution in [0.1, 0.15) is 0 Å². The van der Waals surface area contributed by atoms with E-state index in [9.17, 15) is 0 Å². The van der Waals surface area contributed by atoms with Gasteiger partial charge in [-0.25, -0.2) is 0 Å². The molecule has 76 valence electrons. The molecule has 1 aromatic carbocycles. The van der Waals surface area contributed by atoms with E-state index in [0.29, 0.717) is 27.9 Å². The van der Waals surface area contributed by atoms with Gasteiger partial charge in [0.25, 0.3) is 10.9 Å². The number of nitrogens with two attached hydrogens (primary N) is 2. The molecule has 5 N–H and O–H groups in total. The van der Waals surface area contributed by atoms with Gasteiger partial charge in [0.15, 0.2) is 11.2 Å². The average molecular weight is 222 g/mol. The van der Waals surface area contributed by atoms with Crippen LogP contribution in [-0.4, -0.2) is 9.97 Å². The van der Waals surface area contributed by atoms with Crippen LogP contribution in [-0.2, 0) is 0 Å². The maximum Gasteiger partial charge on any atom is 0.293 e. The lowest BCUT2D eigenvalue weighted by Crippen LogP contribution is -1.88. The topological polar surface area (TPSA) is 107 Å². The van der Waals surface area contributed by atoms with Gasteiger partial charge in [0.1, 0.15) is 11.2 Å². The van der Waals surface area contributed by atoms with Crippen molar-refractivity contribution in [2.24, 2.45) is 0 Å². The van der Waals surface area contributed by atoms with Crippen molar-refractivity contribution in [2.75, 3.05) is 11.5 Å². The minimum Gasteiger partial charge on any atom is -0.427 e. The van der Waals surface area contributed by atoms with Crippen LogP contribution in [0.15, 0.2) is 14.9 Å². The van der Waals surface area contributed by atoms with Crippen LogP contribution in [0.4, 0.5) is 11.7 Å². The number of hydrogen-bond donors (Lipinski definition) is 3. The summed E-state index contributed by atoms with van der Waals surface area (Å²) in [5, 5.41) is 0. The Morgan fingerprint density at radius 2 is 2.13 bits per heavy atom. The number of fused-ring (bicyclic) bond motifs is 2. The fraction of sp³-hybridized carbons (Fsp3) is 0. The summed E-state index contributed by atoms with van der Waals surface area (Å²) in [6.45, 7) is 0. The van der Waals surface area contributed by atoms with Gasteiger partial charge in [-0.15, -0.1) is 0 Å². The maximum absolute atomic E-state index is 5.84. The Labute approximate surface area is 87.9 Å². The average Bonchev–Trinajstić information content (AvgIpc) is 2.69. The standard InChI is InChI=1S/C8H6N4O2S/c9-4-5-3(13-7(10)12-5)1-2-6(4)14-8(15)11-2/h1H,9H2,(H2,10,12)(H,11,15). The van der Waals surface area contributed by atoms with Crippen molar-refractivity contribution in [1.82, 2.24) is 9.97 Å². The summed E-state index contributed by atoms with van der Waals surface area (Å²) >= 11 is 4.86. The number of H-pyrrole nitrogens is 1. The van der Waals surface area contributed by atoms with Crippen LogP contribution in [0.25, 0.3) is 22.2 Å². The zero-order valence-corrected chi connectivity index (χ0v) is 8.22. The van der Waals surface area contributed by atoms with Gasteiger partial charge >= 0.3 is 0 Å². The quantitative estimate of drug-likeness (QED) is 0.395. The first-order valence-corrected chi connectivity index (χ1v) is 4.53. The van der Waals surface area contributed by atoms with Gasteiger partial charge in [0, 0.05) is 6.07 Å². The first kappa shape index (κ1) is 8.30. The SMILES string of the molecule is Nc1nc2c(N)c3oc(=S)[nH]c3cc2o1.